The average Bonchev–Trinajstić information content (AvgIpc) is 3.55. The molecule has 6 rings (SSSR count). The van der Waals surface area contributed by atoms with Gasteiger partial charge in [-0.15, -0.1) is 11.3 Å². The number of rotatable bonds is 5. The van der Waals surface area contributed by atoms with Crippen LogP contribution >= 0.6 is 11.3 Å². The van der Waals surface area contributed by atoms with Crippen LogP contribution in [0.4, 0.5) is 0 Å². The summed E-state index contributed by atoms with van der Waals surface area (Å²) in [5.74, 6) is 0.446. The Labute approximate surface area is 213 Å². The van der Waals surface area contributed by atoms with Crippen LogP contribution in [0.2, 0.25) is 0 Å². The van der Waals surface area contributed by atoms with Crippen LogP contribution < -0.4 is 5.56 Å². The lowest BCUT2D eigenvalue weighted by Crippen LogP contribution is -2.39. The van der Waals surface area contributed by atoms with E-state index in [1.807, 2.05) is 52.8 Å². The Kier molecular flexibility index (Phi) is 5.60. The standard InChI is InChI=1S/C29H27N3O3S/c1-17-6-9-23-22(4-3-5-25(23)30-17)24-12-20-15-31(28(34)21-13-27(18(2)33)36-16-21)11-10-26(20)32(29(24)35)14-19-7-8-19/h3-6,9,12-13,16,19H,7-8,10-11,14-15H2,1-2H3. The van der Waals surface area contributed by atoms with Crippen LogP contribution in [0.15, 0.2) is 52.6 Å². The fraction of sp³-hybridized carbons (Fsp3) is 0.310. The second-order valence-corrected chi connectivity index (χ2v) is 10.9. The Morgan fingerprint density at radius 1 is 1.11 bits per heavy atom. The minimum atomic E-state index is -0.0734. The van der Waals surface area contributed by atoms with Crippen LogP contribution in [0.1, 0.15) is 56.7 Å². The minimum Gasteiger partial charge on any atom is -0.334 e. The number of pyridine rings is 2. The summed E-state index contributed by atoms with van der Waals surface area (Å²) >= 11 is 1.31. The fourth-order valence-corrected chi connectivity index (χ4v) is 5.93. The average molecular weight is 498 g/mol. The highest BCUT2D eigenvalue weighted by molar-refractivity contribution is 7.12. The van der Waals surface area contributed by atoms with Crippen molar-refractivity contribution in [3.05, 3.63) is 85.6 Å². The summed E-state index contributed by atoms with van der Waals surface area (Å²) < 4.78 is 1.98. The van der Waals surface area contributed by atoms with E-state index in [-0.39, 0.29) is 17.2 Å². The largest absolute Gasteiger partial charge is 0.334 e. The SMILES string of the molecule is CC(=O)c1cc(C(=O)N2CCc3c(cc(-c4cccc5nc(C)ccc45)c(=O)n3CC3CC3)C2)cs1. The maximum Gasteiger partial charge on any atom is 0.258 e. The molecule has 182 valence electrons. The van der Waals surface area contributed by atoms with E-state index in [1.165, 1.54) is 18.3 Å². The van der Waals surface area contributed by atoms with Crippen molar-refractivity contribution in [1.82, 2.24) is 14.5 Å². The molecule has 0 radical (unpaired) electrons. The van der Waals surface area contributed by atoms with Crippen molar-refractivity contribution < 1.29 is 9.59 Å². The van der Waals surface area contributed by atoms with Crippen molar-refractivity contribution in [2.45, 2.75) is 46.2 Å². The van der Waals surface area contributed by atoms with Crippen LogP contribution in [-0.4, -0.2) is 32.7 Å². The Balaban J connectivity index is 1.44. The zero-order valence-corrected chi connectivity index (χ0v) is 21.2. The zero-order valence-electron chi connectivity index (χ0n) is 20.4. The maximum absolute atomic E-state index is 13.9. The molecule has 1 saturated carbocycles. The molecule has 2 aliphatic rings. The molecule has 0 unspecified atom stereocenters. The lowest BCUT2D eigenvalue weighted by atomic mass is 9.96. The molecule has 1 fully saturated rings. The first-order valence-electron chi connectivity index (χ1n) is 12.4. The summed E-state index contributed by atoms with van der Waals surface area (Å²) in [6.07, 6.45) is 2.96. The summed E-state index contributed by atoms with van der Waals surface area (Å²) in [6, 6.07) is 13.6. The summed E-state index contributed by atoms with van der Waals surface area (Å²) in [5, 5.41) is 2.72. The van der Waals surface area contributed by atoms with Gasteiger partial charge >= 0.3 is 0 Å². The molecule has 0 spiro atoms. The van der Waals surface area contributed by atoms with E-state index in [9.17, 15) is 14.4 Å². The molecule has 0 N–H and O–H groups in total. The number of Topliss-reactive ketones (excluding diaryl/α,β-unsaturated/α-hetero) is 1. The van der Waals surface area contributed by atoms with Crippen molar-refractivity contribution in [3.63, 3.8) is 0 Å². The number of hydrogen-bond acceptors (Lipinski definition) is 5. The topological polar surface area (TPSA) is 72.3 Å². The molecule has 0 atom stereocenters. The van der Waals surface area contributed by atoms with Crippen LogP contribution in [0.25, 0.3) is 22.0 Å². The van der Waals surface area contributed by atoms with E-state index in [1.54, 1.807) is 11.4 Å². The van der Waals surface area contributed by atoms with Crippen LogP contribution in [0.3, 0.4) is 0 Å². The summed E-state index contributed by atoms with van der Waals surface area (Å²) in [7, 11) is 0. The van der Waals surface area contributed by atoms with Gasteiger partial charge in [0.25, 0.3) is 11.5 Å². The molecule has 4 aromatic rings. The number of hydrogen-bond donors (Lipinski definition) is 0. The van der Waals surface area contributed by atoms with Gasteiger partial charge in [-0.1, -0.05) is 18.2 Å². The highest BCUT2D eigenvalue weighted by Crippen LogP contribution is 2.34. The molecule has 0 bridgehead atoms. The third kappa shape index (κ3) is 4.07. The van der Waals surface area contributed by atoms with Crippen molar-refractivity contribution in [2.24, 2.45) is 5.92 Å². The Bertz CT molecular complexity index is 1600. The second-order valence-electron chi connectivity index (χ2n) is 9.95. The van der Waals surface area contributed by atoms with Crippen LogP contribution in [0, 0.1) is 12.8 Å². The van der Waals surface area contributed by atoms with E-state index in [4.69, 9.17) is 0 Å². The van der Waals surface area contributed by atoms with E-state index in [2.05, 4.69) is 4.98 Å². The van der Waals surface area contributed by atoms with Gasteiger partial charge in [-0.2, -0.15) is 0 Å². The molecule has 3 aromatic heterocycles. The third-order valence-electron chi connectivity index (χ3n) is 7.25. The molecular weight excluding hydrogens is 470 g/mol. The normalized spacial score (nSPS) is 15.2. The summed E-state index contributed by atoms with van der Waals surface area (Å²) in [5.41, 5.74) is 6.00. The van der Waals surface area contributed by atoms with Crippen molar-refractivity contribution in [3.8, 4) is 11.1 Å². The quantitative estimate of drug-likeness (QED) is 0.353. The smallest absolute Gasteiger partial charge is 0.258 e. The van der Waals surface area contributed by atoms with Crippen molar-refractivity contribution in [1.29, 1.82) is 0 Å². The van der Waals surface area contributed by atoms with Crippen molar-refractivity contribution in [2.75, 3.05) is 6.54 Å². The molecule has 1 amide bonds. The number of fused-ring (bicyclic) bond motifs is 2. The number of thiophene rings is 1. The highest BCUT2D eigenvalue weighted by atomic mass is 32.1. The fourth-order valence-electron chi connectivity index (χ4n) is 5.14. The Morgan fingerprint density at radius 3 is 2.69 bits per heavy atom. The van der Waals surface area contributed by atoms with E-state index < -0.39 is 0 Å². The number of benzene rings is 1. The van der Waals surface area contributed by atoms with Gasteiger partial charge in [-0.05, 0) is 68.0 Å². The number of amides is 1. The van der Waals surface area contributed by atoms with Gasteiger partial charge in [-0.3, -0.25) is 19.4 Å². The van der Waals surface area contributed by atoms with Crippen LogP contribution in [-0.2, 0) is 19.5 Å². The van der Waals surface area contributed by atoms with Gasteiger partial charge in [0.15, 0.2) is 5.78 Å². The van der Waals surface area contributed by atoms with Gasteiger partial charge in [0.2, 0.25) is 0 Å². The molecule has 4 heterocycles. The minimum absolute atomic E-state index is 0.0310. The monoisotopic (exact) mass is 497 g/mol. The number of aryl methyl sites for hydroxylation is 1. The molecule has 0 saturated heterocycles. The molecule has 6 nitrogen and oxygen atoms in total. The molecule has 36 heavy (non-hydrogen) atoms. The van der Waals surface area contributed by atoms with Gasteiger partial charge in [0.05, 0.1) is 16.0 Å². The number of ketones is 1. The number of aromatic nitrogens is 2. The second kappa shape index (κ2) is 8.82. The summed E-state index contributed by atoms with van der Waals surface area (Å²) in [6.45, 7) is 5.21. The van der Waals surface area contributed by atoms with E-state index in [0.717, 1.165) is 52.8 Å². The third-order valence-corrected chi connectivity index (χ3v) is 8.28. The molecular formula is C29H27N3O3S. The molecule has 1 aliphatic heterocycles. The van der Waals surface area contributed by atoms with E-state index in [0.29, 0.717) is 41.4 Å². The highest BCUT2D eigenvalue weighted by Gasteiger charge is 2.29. The van der Waals surface area contributed by atoms with Gasteiger partial charge in [0, 0.05) is 53.8 Å². The lowest BCUT2D eigenvalue weighted by Gasteiger charge is -2.31. The Morgan fingerprint density at radius 2 is 1.94 bits per heavy atom. The van der Waals surface area contributed by atoms with Crippen LogP contribution in [0.5, 0.6) is 0 Å². The van der Waals surface area contributed by atoms with Gasteiger partial charge in [-0.25, -0.2) is 0 Å². The molecule has 7 heteroatoms. The number of nitrogens with zero attached hydrogens (tertiary/aromatic N) is 3. The van der Waals surface area contributed by atoms with Gasteiger partial charge < -0.3 is 9.47 Å². The zero-order chi connectivity index (χ0) is 25.0. The first-order valence-corrected chi connectivity index (χ1v) is 13.3. The number of carbonyl (C=O) groups excluding carboxylic acids is 2. The lowest BCUT2D eigenvalue weighted by molar-refractivity contribution is 0.0732. The predicted molar refractivity (Wildman–Crippen MR) is 142 cm³/mol. The summed E-state index contributed by atoms with van der Waals surface area (Å²) in [4.78, 5) is 45.9. The Hall–Kier alpha value is -3.58. The first kappa shape index (κ1) is 22.9. The van der Waals surface area contributed by atoms with E-state index >= 15 is 0 Å². The van der Waals surface area contributed by atoms with Gasteiger partial charge in [0.1, 0.15) is 0 Å². The van der Waals surface area contributed by atoms with Crippen molar-refractivity contribution >= 4 is 33.9 Å². The predicted octanol–water partition coefficient (Wildman–Crippen LogP) is 5.24. The number of carbonyl (C=O) groups is 2. The molecule has 1 aliphatic carbocycles. The maximum atomic E-state index is 13.9. The first-order chi connectivity index (χ1) is 17.4. The molecule has 1 aromatic carbocycles.